The second-order valence-corrected chi connectivity index (χ2v) is 2.01. The van der Waals surface area contributed by atoms with E-state index in [2.05, 4.69) is 24.3 Å². The van der Waals surface area contributed by atoms with Gasteiger partial charge in [0, 0.05) is 20.4 Å². The van der Waals surface area contributed by atoms with Crippen LogP contribution in [0.4, 0.5) is 0 Å². The molecule has 0 unspecified atom stereocenters. The van der Waals surface area contributed by atoms with Crippen LogP contribution in [0, 0.1) is 12.2 Å². The molecular weight excluding hydrogens is 484 g/mol. The molecule has 2 aliphatic carbocycles. The van der Waals surface area contributed by atoms with Crippen LogP contribution in [0.15, 0.2) is 36.5 Å². The van der Waals surface area contributed by atoms with Crippen molar-refractivity contribution in [2.45, 2.75) is 12.8 Å². The van der Waals surface area contributed by atoms with Crippen LogP contribution in [-0.2, 0) is 20.4 Å². The Bertz CT molecular complexity index is 157. The molecule has 0 spiro atoms. The van der Waals surface area contributed by atoms with Crippen molar-refractivity contribution in [1.82, 2.24) is 0 Å². The Morgan fingerprint density at radius 1 is 0.625 bits per heavy atom. The molecule has 6 heteroatoms. The van der Waals surface area contributed by atoms with Gasteiger partial charge in [-0.2, -0.15) is 12.2 Å². The molecular formula is C10H10Cl5Re-7. The van der Waals surface area contributed by atoms with Gasteiger partial charge in [0.2, 0.25) is 0 Å². The zero-order valence-electron chi connectivity index (χ0n) is 8.15. The molecule has 0 saturated carbocycles. The minimum atomic E-state index is 0. The Kier molecular flexibility index (Phi) is 67.0. The zero-order chi connectivity index (χ0) is 7.07. The Hall–Kier alpha value is 1.07. The first kappa shape index (κ1) is 36.0. The topological polar surface area (TPSA) is 0 Å². The zero-order valence-corrected chi connectivity index (χ0v) is 14.6. The largest absolute Gasteiger partial charge is 1.00 e. The third-order valence-electron chi connectivity index (χ3n) is 1.17. The predicted octanol–water partition coefficient (Wildman–Crippen LogP) is -12.4. The summed E-state index contributed by atoms with van der Waals surface area (Å²) in [5.74, 6) is 0. The van der Waals surface area contributed by atoms with Gasteiger partial charge < -0.3 is 62.0 Å². The molecule has 0 aromatic carbocycles. The van der Waals surface area contributed by atoms with Crippen molar-refractivity contribution in [3.05, 3.63) is 48.6 Å². The van der Waals surface area contributed by atoms with E-state index in [1.54, 1.807) is 0 Å². The molecule has 99 valence electrons. The quantitative estimate of drug-likeness (QED) is 0.294. The Morgan fingerprint density at radius 2 is 0.938 bits per heavy atom. The van der Waals surface area contributed by atoms with E-state index in [4.69, 9.17) is 0 Å². The minimum Gasteiger partial charge on any atom is -1.00 e. The molecule has 16 heavy (non-hydrogen) atoms. The van der Waals surface area contributed by atoms with E-state index in [9.17, 15) is 0 Å². The van der Waals surface area contributed by atoms with E-state index >= 15 is 0 Å². The van der Waals surface area contributed by atoms with Crippen LogP contribution in [-0.4, -0.2) is 0 Å². The Balaban J connectivity index is -0.0000000227. The number of allylic oxidation sites excluding steroid dienone is 8. The number of hydrogen-bond acceptors (Lipinski definition) is 0. The average molecular weight is 494 g/mol. The molecule has 0 aromatic rings. The van der Waals surface area contributed by atoms with Gasteiger partial charge in [-0.25, -0.2) is 24.3 Å². The van der Waals surface area contributed by atoms with Crippen LogP contribution in [0.1, 0.15) is 12.8 Å². The van der Waals surface area contributed by atoms with Crippen LogP contribution in [0.25, 0.3) is 0 Å². The fraction of sp³-hybridized carbons (Fsp3) is 0.200. The van der Waals surface area contributed by atoms with Gasteiger partial charge in [0.1, 0.15) is 0 Å². The Morgan fingerprint density at radius 3 is 1.00 bits per heavy atom. The fourth-order valence-electron chi connectivity index (χ4n) is 0.680. The van der Waals surface area contributed by atoms with Crippen LogP contribution in [0.3, 0.4) is 0 Å². The van der Waals surface area contributed by atoms with Crippen molar-refractivity contribution in [3.63, 3.8) is 0 Å². The third kappa shape index (κ3) is 24.3. The van der Waals surface area contributed by atoms with E-state index in [0.29, 0.717) is 0 Å². The maximum Gasteiger partial charge on any atom is 0 e. The smallest absolute Gasteiger partial charge is 0 e. The first-order valence-electron chi connectivity index (χ1n) is 3.43. The molecule has 2 aliphatic rings. The van der Waals surface area contributed by atoms with Gasteiger partial charge in [-0.1, -0.05) is 0 Å². The summed E-state index contributed by atoms with van der Waals surface area (Å²) in [5, 5.41) is 0. The molecule has 1 radical (unpaired) electrons. The molecule has 0 aromatic heterocycles. The van der Waals surface area contributed by atoms with Crippen molar-refractivity contribution < 1.29 is 82.5 Å². The fourth-order valence-corrected chi connectivity index (χ4v) is 0.680. The number of halogens is 5. The van der Waals surface area contributed by atoms with Gasteiger partial charge >= 0.3 is 0 Å². The van der Waals surface area contributed by atoms with Crippen LogP contribution in [0.5, 0.6) is 0 Å². The average Bonchev–Trinajstić information content (AvgIpc) is 2.67. The molecule has 0 bridgehead atoms. The normalized spacial score (nSPS) is 11.0. The molecule has 0 nitrogen and oxygen atoms in total. The van der Waals surface area contributed by atoms with Gasteiger partial charge in [0.25, 0.3) is 0 Å². The first-order valence-corrected chi connectivity index (χ1v) is 3.43. The summed E-state index contributed by atoms with van der Waals surface area (Å²) in [5.41, 5.74) is 0. The van der Waals surface area contributed by atoms with Crippen LogP contribution >= 0.6 is 0 Å². The van der Waals surface area contributed by atoms with Crippen molar-refractivity contribution in [3.8, 4) is 0 Å². The standard InChI is InChI=1S/2C5H5.5ClH.Re/c2*1-2-4-5-3-1;;;;;;/h2*1-3H,4H2;5*1H;/q2*-1;;;;;;/p-5. The number of rotatable bonds is 0. The number of hydrogen-bond donors (Lipinski definition) is 0. The van der Waals surface area contributed by atoms with Gasteiger partial charge in [0.15, 0.2) is 0 Å². The van der Waals surface area contributed by atoms with Crippen LogP contribution in [0.2, 0.25) is 0 Å². The van der Waals surface area contributed by atoms with Crippen LogP contribution < -0.4 is 62.0 Å². The first-order chi connectivity index (χ1) is 5.00. The predicted molar refractivity (Wildman–Crippen MR) is 43.1 cm³/mol. The molecule has 0 amide bonds. The summed E-state index contributed by atoms with van der Waals surface area (Å²) < 4.78 is 0. The van der Waals surface area contributed by atoms with E-state index in [-0.39, 0.29) is 82.5 Å². The van der Waals surface area contributed by atoms with E-state index < -0.39 is 0 Å². The third-order valence-corrected chi connectivity index (χ3v) is 1.17. The second kappa shape index (κ2) is 29.8. The molecule has 0 saturated heterocycles. The van der Waals surface area contributed by atoms with Gasteiger partial charge in [0.05, 0.1) is 0 Å². The monoisotopic (exact) mass is 492 g/mol. The summed E-state index contributed by atoms with van der Waals surface area (Å²) in [4.78, 5) is 0. The maximum atomic E-state index is 2.99. The van der Waals surface area contributed by atoms with Gasteiger partial charge in [-0.15, -0.1) is 12.8 Å². The van der Waals surface area contributed by atoms with Gasteiger partial charge in [-0.05, 0) is 0 Å². The van der Waals surface area contributed by atoms with E-state index in [1.165, 1.54) is 0 Å². The molecule has 0 aliphatic heterocycles. The molecule has 0 heterocycles. The van der Waals surface area contributed by atoms with E-state index in [0.717, 1.165) is 12.8 Å². The molecule has 0 fully saturated rings. The van der Waals surface area contributed by atoms with Crippen molar-refractivity contribution in [2.24, 2.45) is 0 Å². The second-order valence-electron chi connectivity index (χ2n) is 2.01. The van der Waals surface area contributed by atoms with Gasteiger partial charge in [-0.3, -0.25) is 12.2 Å². The van der Waals surface area contributed by atoms with Crippen molar-refractivity contribution in [1.29, 1.82) is 0 Å². The minimum absolute atomic E-state index is 0. The summed E-state index contributed by atoms with van der Waals surface area (Å²) in [6, 6.07) is 0. The summed E-state index contributed by atoms with van der Waals surface area (Å²) in [6.07, 6.45) is 20.0. The van der Waals surface area contributed by atoms with Crippen molar-refractivity contribution >= 4 is 0 Å². The SMILES string of the molecule is [C-]1=CC=CC1.[C-]1=CC=CC1.[Cl-].[Cl-].[Cl-].[Cl-].[Cl-].[Re]. The Labute approximate surface area is 143 Å². The van der Waals surface area contributed by atoms with E-state index in [1.807, 2.05) is 24.3 Å². The summed E-state index contributed by atoms with van der Waals surface area (Å²) in [7, 11) is 0. The molecule has 0 atom stereocenters. The maximum absolute atomic E-state index is 2.99. The van der Waals surface area contributed by atoms with Crippen molar-refractivity contribution in [2.75, 3.05) is 0 Å². The molecule has 2 rings (SSSR count). The molecule has 0 N–H and O–H groups in total. The summed E-state index contributed by atoms with van der Waals surface area (Å²) in [6.45, 7) is 0. The summed E-state index contributed by atoms with van der Waals surface area (Å²) >= 11 is 0.